The number of nitrogens with zero attached hydrogens (tertiary/aromatic N) is 1. The lowest BCUT2D eigenvalue weighted by atomic mass is 10.1. The standard InChI is InChI=1S/C13H18ClNO/c1-11-5-3-4-6-12(11)8-10-15(2)13(16)7-9-14/h3-6H,7-10H2,1-2H3. The van der Waals surface area contributed by atoms with Crippen LogP contribution in [0.25, 0.3) is 0 Å². The summed E-state index contributed by atoms with van der Waals surface area (Å²) in [6, 6.07) is 8.26. The van der Waals surface area contributed by atoms with Gasteiger partial charge < -0.3 is 4.90 Å². The Kier molecular flexibility index (Phi) is 5.33. The average Bonchev–Trinajstić information content (AvgIpc) is 2.28. The van der Waals surface area contributed by atoms with E-state index < -0.39 is 0 Å². The average molecular weight is 240 g/mol. The summed E-state index contributed by atoms with van der Waals surface area (Å²) < 4.78 is 0. The molecule has 88 valence electrons. The molecule has 0 aromatic heterocycles. The largest absolute Gasteiger partial charge is 0.345 e. The smallest absolute Gasteiger partial charge is 0.223 e. The molecule has 0 radical (unpaired) electrons. The normalized spacial score (nSPS) is 10.2. The SMILES string of the molecule is Cc1ccccc1CCN(C)C(=O)CCCl. The maximum absolute atomic E-state index is 11.5. The third-order valence-electron chi connectivity index (χ3n) is 2.71. The molecule has 0 aliphatic heterocycles. The van der Waals surface area contributed by atoms with Crippen molar-refractivity contribution in [3.8, 4) is 0 Å². The van der Waals surface area contributed by atoms with Crippen molar-refractivity contribution in [1.82, 2.24) is 4.90 Å². The minimum Gasteiger partial charge on any atom is -0.345 e. The lowest BCUT2D eigenvalue weighted by Crippen LogP contribution is -2.29. The highest BCUT2D eigenvalue weighted by molar-refractivity contribution is 6.18. The minimum atomic E-state index is 0.114. The molecular formula is C13H18ClNO. The summed E-state index contributed by atoms with van der Waals surface area (Å²) in [5.41, 5.74) is 2.58. The van der Waals surface area contributed by atoms with Crippen LogP contribution in [0.3, 0.4) is 0 Å². The summed E-state index contributed by atoms with van der Waals surface area (Å²) in [6.07, 6.45) is 1.32. The molecule has 0 aliphatic rings. The maximum atomic E-state index is 11.5. The van der Waals surface area contributed by atoms with Gasteiger partial charge in [-0.15, -0.1) is 11.6 Å². The summed E-state index contributed by atoms with van der Waals surface area (Å²) >= 11 is 5.54. The number of carbonyl (C=O) groups is 1. The first-order valence-electron chi connectivity index (χ1n) is 5.49. The van der Waals surface area contributed by atoms with Crippen LogP contribution in [-0.2, 0) is 11.2 Å². The van der Waals surface area contributed by atoms with E-state index in [0.717, 1.165) is 13.0 Å². The first-order valence-corrected chi connectivity index (χ1v) is 6.03. The predicted molar refractivity (Wildman–Crippen MR) is 67.9 cm³/mol. The van der Waals surface area contributed by atoms with Gasteiger partial charge in [0.15, 0.2) is 0 Å². The van der Waals surface area contributed by atoms with E-state index in [1.165, 1.54) is 11.1 Å². The van der Waals surface area contributed by atoms with Crippen LogP contribution in [0.1, 0.15) is 17.5 Å². The van der Waals surface area contributed by atoms with Crippen LogP contribution in [0.2, 0.25) is 0 Å². The summed E-state index contributed by atoms with van der Waals surface area (Å²) in [5, 5.41) is 0. The Bertz CT molecular complexity index is 352. The summed E-state index contributed by atoms with van der Waals surface area (Å²) in [4.78, 5) is 13.2. The fraction of sp³-hybridized carbons (Fsp3) is 0.462. The minimum absolute atomic E-state index is 0.114. The second-order valence-electron chi connectivity index (χ2n) is 3.93. The van der Waals surface area contributed by atoms with Gasteiger partial charge in [0.2, 0.25) is 5.91 Å². The van der Waals surface area contributed by atoms with Crippen LogP contribution >= 0.6 is 11.6 Å². The summed E-state index contributed by atoms with van der Waals surface area (Å²) in [7, 11) is 1.83. The van der Waals surface area contributed by atoms with Gasteiger partial charge in [0, 0.05) is 25.9 Å². The number of rotatable bonds is 5. The fourth-order valence-corrected chi connectivity index (χ4v) is 1.74. The lowest BCUT2D eigenvalue weighted by Gasteiger charge is -2.17. The molecule has 0 bridgehead atoms. The fourth-order valence-electron chi connectivity index (χ4n) is 1.58. The number of alkyl halides is 1. The van der Waals surface area contributed by atoms with Gasteiger partial charge in [0.05, 0.1) is 0 Å². The van der Waals surface area contributed by atoms with Gasteiger partial charge in [-0.2, -0.15) is 0 Å². The van der Waals surface area contributed by atoms with Crippen LogP contribution < -0.4 is 0 Å². The molecule has 0 aliphatic carbocycles. The van der Waals surface area contributed by atoms with Gasteiger partial charge in [-0.05, 0) is 24.5 Å². The van der Waals surface area contributed by atoms with Crippen molar-refractivity contribution in [2.45, 2.75) is 19.8 Å². The van der Waals surface area contributed by atoms with E-state index in [0.29, 0.717) is 12.3 Å². The van der Waals surface area contributed by atoms with Crippen molar-refractivity contribution >= 4 is 17.5 Å². The van der Waals surface area contributed by atoms with Gasteiger partial charge in [0.25, 0.3) is 0 Å². The molecule has 1 rings (SSSR count). The number of hydrogen-bond donors (Lipinski definition) is 0. The highest BCUT2D eigenvalue weighted by atomic mass is 35.5. The molecule has 0 unspecified atom stereocenters. The molecule has 0 spiro atoms. The van der Waals surface area contributed by atoms with Crippen molar-refractivity contribution in [1.29, 1.82) is 0 Å². The molecule has 1 amide bonds. The van der Waals surface area contributed by atoms with Crippen LogP contribution in [0.15, 0.2) is 24.3 Å². The maximum Gasteiger partial charge on any atom is 0.223 e. The Morgan fingerprint density at radius 2 is 2.06 bits per heavy atom. The van der Waals surface area contributed by atoms with Gasteiger partial charge in [-0.3, -0.25) is 4.79 Å². The zero-order valence-electron chi connectivity index (χ0n) is 9.87. The third-order valence-corrected chi connectivity index (χ3v) is 2.90. The summed E-state index contributed by atoms with van der Waals surface area (Å²) in [5.74, 6) is 0.511. The molecule has 0 heterocycles. The zero-order chi connectivity index (χ0) is 12.0. The predicted octanol–water partition coefficient (Wildman–Crippen LogP) is 2.62. The number of carbonyl (C=O) groups excluding carboxylic acids is 1. The van der Waals surface area contributed by atoms with Crippen LogP contribution in [0, 0.1) is 6.92 Å². The van der Waals surface area contributed by atoms with Gasteiger partial charge >= 0.3 is 0 Å². The Morgan fingerprint density at radius 1 is 1.38 bits per heavy atom. The van der Waals surface area contributed by atoms with Gasteiger partial charge in [0.1, 0.15) is 0 Å². The van der Waals surface area contributed by atoms with Crippen molar-refractivity contribution in [3.63, 3.8) is 0 Å². The molecule has 0 N–H and O–H groups in total. The third kappa shape index (κ3) is 3.86. The van der Waals surface area contributed by atoms with Crippen LogP contribution in [0.5, 0.6) is 0 Å². The summed E-state index contributed by atoms with van der Waals surface area (Å²) in [6.45, 7) is 2.84. The molecule has 1 aromatic rings. The molecule has 3 heteroatoms. The Labute approximate surface area is 102 Å². The number of hydrogen-bond acceptors (Lipinski definition) is 1. The molecule has 2 nitrogen and oxygen atoms in total. The Hall–Kier alpha value is -1.02. The molecule has 0 saturated carbocycles. The van der Waals surface area contributed by atoms with E-state index >= 15 is 0 Å². The number of aryl methyl sites for hydroxylation is 1. The number of likely N-dealkylation sites (N-methyl/N-ethyl adjacent to an activating group) is 1. The molecule has 16 heavy (non-hydrogen) atoms. The van der Waals surface area contributed by atoms with E-state index in [1.807, 2.05) is 19.2 Å². The molecular weight excluding hydrogens is 222 g/mol. The Balaban J connectivity index is 2.46. The highest BCUT2D eigenvalue weighted by Gasteiger charge is 2.07. The zero-order valence-corrected chi connectivity index (χ0v) is 10.6. The highest BCUT2D eigenvalue weighted by Crippen LogP contribution is 2.08. The molecule has 1 aromatic carbocycles. The molecule has 0 atom stereocenters. The van der Waals surface area contributed by atoms with Crippen LogP contribution in [-0.4, -0.2) is 30.3 Å². The lowest BCUT2D eigenvalue weighted by molar-refractivity contribution is -0.129. The number of amides is 1. The Morgan fingerprint density at radius 3 is 2.69 bits per heavy atom. The number of benzene rings is 1. The second-order valence-corrected chi connectivity index (χ2v) is 4.31. The monoisotopic (exact) mass is 239 g/mol. The van der Waals surface area contributed by atoms with Gasteiger partial charge in [-0.1, -0.05) is 24.3 Å². The topological polar surface area (TPSA) is 20.3 Å². The van der Waals surface area contributed by atoms with E-state index in [-0.39, 0.29) is 5.91 Å². The van der Waals surface area contributed by atoms with Crippen molar-refractivity contribution in [3.05, 3.63) is 35.4 Å². The number of halogens is 1. The van der Waals surface area contributed by atoms with Crippen molar-refractivity contribution < 1.29 is 4.79 Å². The van der Waals surface area contributed by atoms with E-state index in [9.17, 15) is 4.79 Å². The molecule has 0 fully saturated rings. The quantitative estimate of drug-likeness (QED) is 0.724. The van der Waals surface area contributed by atoms with Crippen molar-refractivity contribution in [2.75, 3.05) is 19.5 Å². The van der Waals surface area contributed by atoms with Crippen molar-refractivity contribution in [2.24, 2.45) is 0 Å². The van der Waals surface area contributed by atoms with Gasteiger partial charge in [-0.25, -0.2) is 0 Å². The molecule has 0 saturated heterocycles. The first-order chi connectivity index (χ1) is 7.65. The van der Waals surface area contributed by atoms with E-state index in [1.54, 1.807) is 4.90 Å². The van der Waals surface area contributed by atoms with Crippen LogP contribution in [0.4, 0.5) is 0 Å². The first kappa shape index (κ1) is 13.0. The second kappa shape index (κ2) is 6.54. The van der Waals surface area contributed by atoms with E-state index in [4.69, 9.17) is 11.6 Å². The van der Waals surface area contributed by atoms with E-state index in [2.05, 4.69) is 19.1 Å².